The Labute approximate surface area is 154 Å². The highest BCUT2D eigenvalue weighted by atomic mass is 16.7. The van der Waals surface area contributed by atoms with Gasteiger partial charge in [-0.15, -0.1) is 0 Å². The minimum atomic E-state index is -0.292. The van der Waals surface area contributed by atoms with Gasteiger partial charge in [0.25, 0.3) is 0 Å². The van der Waals surface area contributed by atoms with Crippen LogP contribution in [0, 0.1) is 35.0 Å². The minimum Gasteiger partial charge on any atom is -0.353 e. The lowest BCUT2D eigenvalue weighted by molar-refractivity contribution is -0.247. The molecular formula is C23H38O2. The molecule has 0 heterocycles. The van der Waals surface area contributed by atoms with E-state index in [0.29, 0.717) is 5.41 Å². The molecule has 0 saturated heterocycles. The summed E-state index contributed by atoms with van der Waals surface area (Å²) in [7, 11) is 3.67. The first-order valence-corrected chi connectivity index (χ1v) is 10.8. The van der Waals surface area contributed by atoms with Crippen LogP contribution in [-0.2, 0) is 9.47 Å². The highest BCUT2D eigenvalue weighted by Crippen LogP contribution is 2.63. The lowest BCUT2D eigenvalue weighted by atomic mass is 9.46. The summed E-state index contributed by atoms with van der Waals surface area (Å²) in [6.45, 7) is 4.89. The second-order valence-corrected chi connectivity index (χ2v) is 9.66. The standard InChI is InChI=1S/C23H38O2/c1-5-17-7-6-8-21-20-10-9-16-15-23(24-3,25-4)14-12-18(16)19(20)11-13-22(17,21)2/h5,16,18-21H,6-15H2,1-4H3/b17-5-/t16-,18-,19+,20+,21-,22+/m0/s1. The Morgan fingerprint density at radius 1 is 0.920 bits per heavy atom. The van der Waals surface area contributed by atoms with E-state index >= 15 is 0 Å². The van der Waals surface area contributed by atoms with Gasteiger partial charge in [-0.25, -0.2) is 0 Å². The fraction of sp³-hybridized carbons (Fsp3) is 0.913. The molecule has 4 fully saturated rings. The Morgan fingerprint density at radius 3 is 2.40 bits per heavy atom. The molecule has 0 radical (unpaired) electrons. The average molecular weight is 347 g/mol. The number of fused-ring (bicyclic) bond motifs is 5. The van der Waals surface area contributed by atoms with Crippen LogP contribution in [-0.4, -0.2) is 20.0 Å². The molecule has 4 aliphatic carbocycles. The summed E-state index contributed by atoms with van der Waals surface area (Å²) in [5.74, 6) is 4.36. The third-order valence-corrected chi connectivity index (χ3v) is 9.13. The molecule has 0 aromatic heterocycles. The normalized spacial score (nSPS) is 47.7. The fourth-order valence-electron chi connectivity index (χ4n) is 7.80. The van der Waals surface area contributed by atoms with Gasteiger partial charge in [0.1, 0.15) is 0 Å². The highest BCUT2D eigenvalue weighted by molar-refractivity contribution is 5.20. The topological polar surface area (TPSA) is 18.5 Å². The second-order valence-electron chi connectivity index (χ2n) is 9.66. The molecule has 4 aliphatic rings. The second kappa shape index (κ2) is 6.68. The smallest absolute Gasteiger partial charge is 0.167 e. The lowest BCUT2D eigenvalue weighted by Gasteiger charge is -2.59. The van der Waals surface area contributed by atoms with Crippen LogP contribution in [0.5, 0.6) is 0 Å². The van der Waals surface area contributed by atoms with Crippen LogP contribution in [0.2, 0.25) is 0 Å². The summed E-state index contributed by atoms with van der Waals surface area (Å²) >= 11 is 0. The van der Waals surface area contributed by atoms with E-state index in [0.717, 1.165) is 42.4 Å². The van der Waals surface area contributed by atoms with Gasteiger partial charge in [-0.2, -0.15) is 0 Å². The maximum Gasteiger partial charge on any atom is 0.167 e. The van der Waals surface area contributed by atoms with E-state index in [4.69, 9.17) is 9.47 Å². The molecule has 0 spiro atoms. The van der Waals surface area contributed by atoms with Gasteiger partial charge in [-0.1, -0.05) is 18.6 Å². The summed E-state index contributed by atoms with van der Waals surface area (Å²) in [4.78, 5) is 0. The molecule has 0 aromatic carbocycles. The van der Waals surface area contributed by atoms with E-state index in [-0.39, 0.29) is 5.79 Å². The van der Waals surface area contributed by atoms with Gasteiger partial charge < -0.3 is 9.47 Å². The van der Waals surface area contributed by atoms with E-state index in [9.17, 15) is 0 Å². The van der Waals surface area contributed by atoms with Crippen molar-refractivity contribution in [2.75, 3.05) is 14.2 Å². The molecule has 2 heteroatoms. The first kappa shape index (κ1) is 18.0. The van der Waals surface area contributed by atoms with Gasteiger partial charge >= 0.3 is 0 Å². The van der Waals surface area contributed by atoms with E-state index in [2.05, 4.69) is 19.9 Å². The van der Waals surface area contributed by atoms with Crippen molar-refractivity contribution in [3.8, 4) is 0 Å². The highest BCUT2D eigenvalue weighted by Gasteiger charge is 2.55. The number of ether oxygens (including phenoxy) is 2. The van der Waals surface area contributed by atoms with Crippen molar-refractivity contribution in [1.82, 2.24) is 0 Å². The van der Waals surface area contributed by atoms with E-state index < -0.39 is 0 Å². The van der Waals surface area contributed by atoms with Crippen LogP contribution in [0.3, 0.4) is 0 Å². The van der Waals surface area contributed by atoms with Crippen molar-refractivity contribution < 1.29 is 9.47 Å². The Hall–Kier alpha value is -0.340. The van der Waals surface area contributed by atoms with Crippen molar-refractivity contribution in [3.63, 3.8) is 0 Å². The monoisotopic (exact) mass is 346 g/mol. The number of hydrogen-bond donors (Lipinski definition) is 0. The zero-order valence-electron chi connectivity index (χ0n) is 16.9. The zero-order chi connectivity index (χ0) is 17.7. The van der Waals surface area contributed by atoms with E-state index in [1.54, 1.807) is 5.57 Å². The molecule has 142 valence electrons. The lowest BCUT2D eigenvalue weighted by Crippen LogP contribution is -2.53. The number of rotatable bonds is 2. The number of hydrogen-bond acceptors (Lipinski definition) is 2. The van der Waals surface area contributed by atoms with Crippen LogP contribution < -0.4 is 0 Å². The predicted octanol–water partition coefficient (Wildman–Crippen LogP) is 5.96. The number of allylic oxidation sites excluding steroid dienone is 2. The fourth-order valence-corrected chi connectivity index (χ4v) is 7.80. The largest absolute Gasteiger partial charge is 0.353 e. The van der Waals surface area contributed by atoms with Crippen molar-refractivity contribution >= 4 is 0 Å². The average Bonchev–Trinajstić information content (AvgIpc) is 2.66. The zero-order valence-corrected chi connectivity index (χ0v) is 16.9. The van der Waals surface area contributed by atoms with Crippen LogP contribution in [0.25, 0.3) is 0 Å². The minimum absolute atomic E-state index is 0.292. The quantitative estimate of drug-likeness (QED) is 0.453. The Kier molecular flexibility index (Phi) is 4.82. The maximum absolute atomic E-state index is 5.81. The summed E-state index contributed by atoms with van der Waals surface area (Å²) in [5, 5.41) is 0. The summed E-state index contributed by atoms with van der Waals surface area (Å²) in [6, 6.07) is 0. The van der Waals surface area contributed by atoms with E-state index in [1.165, 1.54) is 51.4 Å². The first-order chi connectivity index (χ1) is 12.1. The molecule has 0 bridgehead atoms. The van der Waals surface area contributed by atoms with Crippen LogP contribution in [0.15, 0.2) is 11.6 Å². The van der Waals surface area contributed by atoms with Gasteiger partial charge in [0, 0.05) is 27.1 Å². The summed E-state index contributed by atoms with van der Waals surface area (Å²) in [6.07, 6.45) is 16.0. The molecular weight excluding hydrogens is 308 g/mol. The van der Waals surface area contributed by atoms with Crippen molar-refractivity contribution in [3.05, 3.63) is 11.6 Å². The van der Waals surface area contributed by atoms with Crippen molar-refractivity contribution in [1.29, 1.82) is 0 Å². The SMILES string of the molecule is C/C=C1/CCC[C@H]2[C@@H]3CC[C@H]4CC(OC)(OC)CC[C@@H]4[C@H]3CC[C@]12C. The van der Waals surface area contributed by atoms with Crippen molar-refractivity contribution in [2.45, 2.75) is 83.8 Å². The van der Waals surface area contributed by atoms with E-state index in [1.807, 2.05) is 14.2 Å². The molecule has 2 nitrogen and oxygen atoms in total. The van der Waals surface area contributed by atoms with Crippen LogP contribution >= 0.6 is 0 Å². The maximum atomic E-state index is 5.81. The molecule has 25 heavy (non-hydrogen) atoms. The Bertz CT molecular complexity index is 520. The van der Waals surface area contributed by atoms with Gasteiger partial charge in [-0.05, 0) is 93.3 Å². The van der Waals surface area contributed by atoms with Gasteiger partial charge in [0.05, 0.1) is 0 Å². The van der Waals surface area contributed by atoms with Crippen molar-refractivity contribution in [2.24, 2.45) is 35.0 Å². The Morgan fingerprint density at radius 2 is 1.68 bits per heavy atom. The molecule has 4 rings (SSSR count). The third-order valence-electron chi connectivity index (χ3n) is 9.13. The molecule has 0 aromatic rings. The van der Waals surface area contributed by atoms with Gasteiger partial charge in [0.15, 0.2) is 5.79 Å². The van der Waals surface area contributed by atoms with Crippen LogP contribution in [0.1, 0.15) is 78.1 Å². The predicted molar refractivity (Wildman–Crippen MR) is 102 cm³/mol. The van der Waals surface area contributed by atoms with Gasteiger partial charge in [0.2, 0.25) is 0 Å². The summed E-state index contributed by atoms with van der Waals surface area (Å²) in [5.41, 5.74) is 2.30. The molecule has 4 saturated carbocycles. The number of methoxy groups -OCH3 is 2. The molecule has 0 aliphatic heterocycles. The third kappa shape index (κ3) is 2.74. The van der Waals surface area contributed by atoms with Crippen LogP contribution in [0.4, 0.5) is 0 Å². The molecule has 0 amide bonds. The first-order valence-electron chi connectivity index (χ1n) is 10.8. The molecule has 0 unspecified atom stereocenters. The molecule has 0 N–H and O–H groups in total. The molecule has 6 atom stereocenters. The van der Waals surface area contributed by atoms with Gasteiger partial charge in [-0.3, -0.25) is 0 Å². The summed E-state index contributed by atoms with van der Waals surface area (Å²) < 4.78 is 11.6. The Balaban J connectivity index is 1.55.